The third-order valence-corrected chi connectivity index (χ3v) is 3.53. The zero-order chi connectivity index (χ0) is 13.7. The van der Waals surface area contributed by atoms with Crippen molar-refractivity contribution < 1.29 is 15.0 Å². The highest BCUT2D eigenvalue weighted by atomic mass is 16.4. The molecule has 0 spiro atoms. The van der Waals surface area contributed by atoms with Gasteiger partial charge in [-0.1, -0.05) is 18.2 Å². The molecule has 0 aliphatic heterocycles. The zero-order valence-corrected chi connectivity index (χ0v) is 11.1. The van der Waals surface area contributed by atoms with Crippen LogP contribution in [0.25, 0.3) is 0 Å². The Kier molecular flexibility index (Phi) is 4.93. The van der Waals surface area contributed by atoms with Crippen LogP contribution in [0.15, 0.2) is 18.2 Å². The standard InChI is InChI=1S/C15H21NO3/c17-14(8-15(18)19)10-16-9-11-5-6-12-3-1-2-4-13(12)7-11/h5-7,14,16-17H,1-4,8-10H2,(H,18,19). The number of aliphatic hydroxyl groups is 1. The molecule has 4 heteroatoms. The van der Waals surface area contributed by atoms with Crippen molar-refractivity contribution in [2.75, 3.05) is 6.54 Å². The third-order valence-electron chi connectivity index (χ3n) is 3.53. The van der Waals surface area contributed by atoms with Gasteiger partial charge in [0, 0.05) is 13.1 Å². The second kappa shape index (κ2) is 6.68. The number of hydrogen-bond acceptors (Lipinski definition) is 3. The van der Waals surface area contributed by atoms with E-state index in [1.165, 1.54) is 36.0 Å². The summed E-state index contributed by atoms with van der Waals surface area (Å²) < 4.78 is 0. The summed E-state index contributed by atoms with van der Waals surface area (Å²) in [6.07, 6.45) is 3.85. The Morgan fingerprint density at radius 2 is 2.00 bits per heavy atom. The summed E-state index contributed by atoms with van der Waals surface area (Å²) in [7, 11) is 0. The third kappa shape index (κ3) is 4.33. The van der Waals surface area contributed by atoms with E-state index in [9.17, 15) is 9.90 Å². The summed E-state index contributed by atoms with van der Waals surface area (Å²) in [6, 6.07) is 6.53. The fourth-order valence-corrected chi connectivity index (χ4v) is 2.55. The molecule has 2 rings (SSSR count). The number of nitrogens with one attached hydrogen (secondary N) is 1. The van der Waals surface area contributed by atoms with Crippen molar-refractivity contribution >= 4 is 5.97 Å². The molecule has 0 amide bonds. The molecule has 1 unspecified atom stereocenters. The molecule has 1 aliphatic rings. The van der Waals surface area contributed by atoms with Crippen LogP contribution in [0.4, 0.5) is 0 Å². The Morgan fingerprint density at radius 3 is 2.74 bits per heavy atom. The summed E-state index contributed by atoms with van der Waals surface area (Å²) in [6.45, 7) is 0.980. The summed E-state index contributed by atoms with van der Waals surface area (Å²) >= 11 is 0. The van der Waals surface area contributed by atoms with Crippen molar-refractivity contribution in [3.63, 3.8) is 0 Å². The molecule has 0 saturated heterocycles. The molecule has 0 heterocycles. The molecule has 0 radical (unpaired) electrons. The molecule has 19 heavy (non-hydrogen) atoms. The van der Waals surface area contributed by atoms with Gasteiger partial charge >= 0.3 is 5.97 Å². The number of hydrogen-bond donors (Lipinski definition) is 3. The quantitative estimate of drug-likeness (QED) is 0.727. The lowest BCUT2D eigenvalue weighted by Crippen LogP contribution is -2.28. The van der Waals surface area contributed by atoms with Gasteiger partial charge in [-0.05, 0) is 42.4 Å². The SMILES string of the molecule is O=C(O)CC(O)CNCc1ccc2c(c1)CCCC2. The molecule has 0 fully saturated rings. The lowest BCUT2D eigenvalue weighted by Gasteiger charge is -2.17. The number of rotatable bonds is 6. The van der Waals surface area contributed by atoms with Gasteiger partial charge in [-0.2, -0.15) is 0 Å². The number of carboxylic acids is 1. The van der Waals surface area contributed by atoms with Gasteiger partial charge in [0.05, 0.1) is 12.5 Å². The molecule has 3 N–H and O–H groups in total. The normalized spacial score (nSPS) is 15.8. The van der Waals surface area contributed by atoms with E-state index in [1.54, 1.807) is 0 Å². The fraction of sp³-hybridized carbons (Fsp3) is 0.533. The van der Waals surface area contributed by atoms with Gasteiger partial charge in [0.25, 0.3) is 0 Å². The van der Waals surface area contributed by atoms with Gasteiger partial charge in [-0.15, -0.1) is 0 Å². The Balaban J connectivity index is 1.81. The van der Waals surface area contributed by atoms with E-state index < -0.39 is 12.1 Å². The first kappa shape index (κ1) is 14.0. The molecule has 1 atom stereocenters. The average molecular weight is 263 g/mol. The van der Waals surface area contributed by atoms with Gasteiger partial charge in [-0.3, -0.25) is 4.79 Å². The van der Waals surface area contributed by atoms with Crippen LogP contribution in [0.5, 0.6) is 0 Å². The van der Waals surface area contributed by atoms with E-state index >= 15 is 0 Å². The number of aryl methyl sites for hydroxylation is 2. The van der Waals surface area contributed by atoms with E-state index in [4.69, 9.17) is 5.11 Å². The van der Waals surface area contributed by atoms with Crippen LogP contribution in [-0.4, -0.2) is 28.8 Å². The molecular formula is C15H21NO3. The largest absolute Gasteiger partial charge is 0.481 e. The highest BCUT2D eigenvalue weighted by Gasteiger charge is 2.11. The fourth-order valence-electron chi connectivity index (χ4n) is 2.55. The highest BCUT2D eigenvalue weighted by molar-refractivity contribution is 5.67. The number of aliphatic carboxylic acids is 1. The Hall–Kier alpha value is -1.39. The first-order chi connectivity index (χ1) is 9.15. The average Bonchev–Trinajstić information content (AvgIpc) is 2.37. The molecule has 0 aromatic heterocycles. The monoisotopic (exact) mass is 263 g/mol. The van der Waals surface area contributed by atoms with Crippen LogP contribution in [0, 0.1) is 0 Å². The number of carbonyl (C=O) groups is 1. The lowest BCUT2D eigenvalue weighted by atomic mass is 9.90. The van der Waals surface area contributed by atoms with E-state index in [1.807, 2.05) is 0 Å². The minimum atomic E-state index is -0.969. The van der Waals surface area contributed by atoms with Gasteiger partial charge in [0.2, 0.25) is 0 Å². The first-order valence-electron chi connectivity index (χ1n) is 6.86. The van der Waals surface area contributed by atoms with Crippen molar-refractivity contribution in [1.29, 1.82) is 0 Å². The van der Waals surface area contributed by atoms with E-state index in [-0.39, 0.29) is 6.42 Å². The second-order valence-corrected chi connectivity index (χ2v) is 5.19. The van der Waals surface area contributed by atoms with Crippen molar-refractivity contribution in [2.24, 2.45) is 0 Å². The highest BCUT2D eigenvalue weighted by Crippen LogP contribution is 2.22. The van der Waals surface area contributed by atoms with Crippen LogP contribution in [0.2, 0.25) is 0 Å². The Bertz CT molecular complexity index is 445. The van der Waals surface area contributed by atoms with Crippen LogP contribution in [-0.2, 0) is 24.2 Å². The van der Waals surface area contributed by atoms with E-state index in [0.717, 1.165) is 6.42 Å². The zero-order valence-electron chi connectivity index (χ0n) is 11.1. The molecule has 0 bridgehead atoms. The predicted molar refractivity (Wildman–Crippen MR) is 73.1 cm³/mol. The summed E-state index contributed by atoms with van der Waals surface area (Å²) in [5.41, 5.74) is 4.10. The minimum Gasteiger partial charge on any atom is -0.481 e. The summed E-state index contributed by atoms with van der Waals surface area (Å²) in [5, 5.41) is 21.1. The Morgan fingerprint density at radius 1 is 1.26 bits per heavy atom. The number of aliphatic hydroxyl groups excluding tert-OH is 1. The topological polar surface area (TPSA) is 69.6 Å². The van der Waals surface area contributed by atoms with Crippen LogP contribution in [0.3, 0.4) is 0 Å². The van der Waals surface area contributed by atoms with Crippen LogP contribution in [0.1, 0.15) is 36.0 Å². The number of carboxylic acid groups (broad SMARTS) is 1. The lowest BCUT2D eigenvalue weighted by molar-refractivity contribution is -0.139. The maximum absolute atomic E-state index is 10.4. The van der Waals surface area contributed by atoms with Crippen LogP contribution >= 0.6 is 0 Å². The second-order valence-electron chi connectivity index (χ2n) is 5.19. The van der Waals surface area contributed by atoms with E-state index in [2.05, 4.69) is 23.5 Å². The van der Waals surface area contributed by atoms with Crippen molar-refractivity contribution in [2.45, 2.75) is 44.8 Å². The summed E-state index contributed by atoms with van der Waals surface area (Å²) in [4.78, 5) is 10.4. The number of benzene rings is 1. The van der Waals surface area contributed by atoms with Crippen molar-refractivity contribution in [1.82, 2.24) is 5.32 Å². The predicted octanol–water partition coefficient (Wildman–Crippen LogP) is 1.49. The van der Waals surface area contributed by atoms with Gasteiger partial charge in [0.1, 0.15) is 0 Å². The molecule has 1 aromatic carbocycles. The maximum atomic E-state index is 10.4. The Labute approximate surface area is 113 Å². The van der Waals surface area contributed by atoms with Crippen LogP contribution < -0.4 is 5.32 Å². The molecule has 1 aliphatic carbocycles. The molecular weight excluding hydrogens is 242 g/mol. The maximum Gasteiger partial charge on any atom is 0.306 e. The van der Waals surface area contributed by atoms with Crippen molar-refractivity contribution in [3.8, 4) is 0 Å². The van der Waals surface area contributed by atoms with Gasteiger partial charge in [0.15, 0.2) is 0 Å². The molecule has 4 nitrogen and oxygen atoms in total. The first-order valence-corrected chi connectivity index (χ1v) is 6.86. The summed E-state index contributed by atoms with van der Waals surface area (Å²) in [5.74, 6) is -0.969. The van der Waals surface area contributed by atoms with Crippen molar-refractivity contribution in [3.05, 3.63) is 34.9 Å². The molecule has 0 saturated carbocycles. The van der Waals surface area contributed by atoms with Gasteiger partial charge < -0.3 is 15.5 Å². The smallest absolute Gasteiger partial charge is 0.306 e. The van der Waals surface area contributed by atoms with E-state index in [0.29, 0.717) is 13.1 Å². The minimum absolute atomic E-state index is 0.211. The molecule has 1 aromatic rings. The van der Waals surface area contributed by atoms with Gasteiger partial charge in [-0.25, -0.2) is 0 Å². The number of fused-ring (bicyclic) bond motifs is 1. The molecule has 104 valence electrons.